The second-order valence-electron chi connectivity index (χ2n) is 4.85. The summed E-state index contributed by atoms with van der Waals surface area (Å²) in [7, 11) is 1.41. The number of ether oxygens (including phenoxy) is 1. The Kier molecular flexibility index (Phi) is 5.62. The second kappa shape index (κ2) is 7.23. The normalized spacial score (nSPS) is 17.6. The van der Waals surface area contributed by atoms with Crippen molar-refractivity contribution in [3.8, 4) is 0 Å². The highest BCUT2D eigenvalue weighted by molar-refractivity contribution is 14.1. The Balaban J connectivity index is 1.75. The molecule has 1 N–H and O–H groups in total. The number of carbonyl (C=O) groups is 1. The van der Waals surface area contributed by atoms with Crippen LogP contribution in [0.25, 0.3) is 0 Å². The third-order valence-electron chi connectivity index (χ3n) is 3.45. The van der Waals surface area contributed by atoms with Crippen molar-refractivity contribution in [2.45, 2.75) is 42.2 Å². The SMILES string of the molecule is COC(=O)C(I)CNCc1ccn(C2CCCC2)n1. The van der Waals surface area contributed by atoms with Gasteiger partial charge in [-0.05, 0) is 18.9 Å². The van der Waals surface area contributed by atoms with E-state index in [1.165, 1.54) is 32.8 Å². The van der Waals surface area contributed by atoms with Crippen LogP contribution in [0.2, 0.25) is 0 Å². The molecule has 1 heterocycles. The van der Waals surface area contributed by atoms with Crippen molar-refractivity contribution in [2.24, 2.45) is 0 Å². The quantitative estimate of drug-likeness (QED) is 0.469. The fourth-order valence-electron chi connectivity index (χ4n) is 2.38. The Hall–Kier alpha value is -0.630. The summed E-state index contributed by atoms with van der Waals surface area (Å²) in [5.74, 6) is -0.190. The number of carbonyl (C=O) groups excluding carboxylic acids is 1. The van der Waals surface area contributed by atoms with Crippen LogP contribution in [0, 0.1) is 0 Å². The maximum atomic E-state index is 11.2. The van der Waals surface area contributed by atoms with Gasteiger partial charge in [-0.25, -0.2) is 0 Å². The lowest BCUT2D eigenvalue weighted by atomic mass is 10.3. The molecule has 5 nitrogen and oxygen atoms in total. The van der Waals surface area contributed by atoms with Crippen LogP contribution in [-0.2, 0) is 16.1 Å². The van der Waals surface area contributed by atoms with Crippen molar-refractivity contribution in [3.05, 3.63) is 18.0 Å². The van der Waals surface area contributed by atoms with Crippen molar-refractivity contribution in [1.82, 2.24) is 15.1 Å². The number of rotatable bonds is 6. The highest BCUT2D eigenvalue weighted by Gasteiger charge is 2.18. The number of nitrogens with one attached hydrogen (secondary N) is 1. The first-order valence-electron chi connectivity index (χ1n) is 6.67. The largest absolute Gasteiger partial charge is 0.468 e. The number of nitrogens with zero attached hydrogens (tertiary/aromatic N) is 2. The third kappa shape index (κ3) is 4.17. The average molecular weight is 377 g/mol. The zero-order chi connectivity index (χ0) is 13.7. The molecule has 2 rings (SSSR count). The number of hydrogen-bond donors (Lipinski definition) is 1. The molecule has 0 spiro atoms. The summed E-state index contributed by atoms with van der Waals surface area (Å²) in [4.78, 5) is 11.2. The fourth-order valence-corrected chi connectivity index (χ4v) is 2.95. The molecule has 0 saturated heterocycles. The predicted molar refractivity (Wildman–Crippen MR) is 81.3 cm³/mol. The molecule has 1 unspecified atom stereocenters. The number of alkyl halides is 1. The maximum absolute atomic E-state index is 11.2. The Labute approximate surface area is 127 Å². The first-order valence-corrected chi connectivity index (χ1v) is 7.92. The van der Waals surface area contributed by atoms with Gasteiger partial charge < -0.3 is 10.1 Å². The van der Waals surface area contributed by atoms with E-state index in [1.54, 1.807) is 0 Å². The molecule has 1 fully saturated rings. The highest BCUT2D eigenvalue weighted by atomic mass is 127. The molecule has 1 aromatic heterocycles. The molecule has 1 aliphatic carbocycles. The van der Waals surface area contributed by atoms with Crippen molar-refractivity contribution in [3.63, 3.8) is 0 Å². The van der Waals surface area contributed by atoms with E-state index in [2.05, 4.69) is 48.6 Å². The van der Waals surface area contributed by atoms with Gasteiger partial charge in [0.1, 0.15) is 3.92 Å². The average Bonchev–Trinajstić information content (AvgIpc) is 3.07. The van der Waals surface area contributed by atoms with Crippen LogP contribution in [-0.4, -0.2) is 33.3 Å². The van der Waals surface area contributed by atoms with Gasteiger partial charge in [0.2, 0.25) is 0 Å². The summed E-state index contributed by atoms with van der Waals surface area (Å²) in [5, 5.41) is 7.83. The van der Waals surface area contributed by atoms with Crippen LogP contribution >= 0.6 is 22.6 Å². The number of methoxy groups -OCH3 is 1. The maximum Gasteiger partial charge on any atom is 0.319 e. The molecule has 0 amide bonds. The van der Waals surface area contributed by atoms with E-state index in [0.717, 1.165) is 5.69 Å². The van der Waals surface area contributed by atoms with Crippen molar-refractivity contribution in [2.75, 3.05) is 13.7 Å². The molecule has 0 aliphatic heterocycles. The lowest BCUT2D eigenvalue weighted by molar-refractivity contribution is -0.139. The summed E-state index contributed by atoms with van der Waals surface area (Å²) < 4.78 is 6.62. The molecule has 1 aliphatic rings. The van der Waals surface area contributed by atoms with Gasteiger partial charge >= 0.3 is 5.97 Å². The third-order valence-corrected chi connectivity index (χ3v) is 4.40. The molecule has 106 valence electrons. The number of aromatic nitrogens is 2. The van der Waals surface area contributed by atoms with Crippen molar-refractivity contribution in [1.29, 1.82) is 0 Å². The minimum atomic E-state index is -0.190. The summed E-state index contributed by atoms with van der Waals surface area (Å²) in [6.07, 6.45) is 7.18. The van der Waals surface area contributed by atoms with E-state index in [9.17, 15) is 4.79 Å². The summed E-state index contributed by atoms with van der Waals surface area (Å²) in [6.45, 7) is 1.29. The topological polar surface area (TPSA) is 56.1 Å². The van der Waals surface area contributed by atoms with E-state index < -0.39 is 0 Å². The van der Waals surface area contributed by atoms with Crippen LogP contribution in [0.1, 0.15) is 37.4 Å². The molecular weight excluding hydrogens is 357 g/mol. The first-order chi connectivity index (χ1) is 9.20. The minimum Gasteiger partial charge on any atom is -0.468 e. The Morgan fingerprint density at radius 3 is 3.05 bits per heavy atom. The zero-order valence-corrected chi connectivity index (χ0v) is 13.3. The van der Waals surface area contributed by atoms with E-state index in [0.29, 0.717) is 19.1 Å². The van der Waals surface area contributed by atoms with Gasteiger partial charge in [0.05, 0.1) is 18.8 Å². The summed E-state index contributed by atoms with van der Waals surface area (Å²) in [5.41, 5.74) is 1.03. The second-order valence-corrected chi connectivity index (χ2v) is 6.35. The first kappa shape index (κ1) is 14.8. The Morgan fingerprint density at radius 2 is 2.37 bits per heavy atom. The van der Waals surface area contributed by atoms with Gasteiger partial charge in [0.25, 0.3) is 0 Å². The van der Waals surface area contributed by atoms with Crippen molar-refractivity contribution >= 4 is 28.6 Å². The van der Waals surface area contributed by atoms with Crippen LogP contribution in [0.5, 0.6) is 0 Å². The lowest BCUT2D eigenvalue weighted by Crippen LogP contribution is -2.29. The zero-order valence-electron chi connectivity index (χ0n) is 11.1. The van der Waals surface area contributed by atoms with Crippen LogP contribution in [0.3, 0.4) is 0 Å². The van der Waals surface area contributed by atoms with Gasteiger partial charge in [0.15, 0.2) is 0 Å². The minimum absolute atomic E-state index is 0.153. The van der Waals surface area contributed by atoms with Gasteiger partial charge in [-0.3, -0.25) is 9.48 Å². The monoisotopic (exact) mass is 377 g/mol. The van der Waals surface area contributed by atoms with Gasteiger partial charge in [-0.2, -0.15) is 5.10 Å². The molecule has 1 aromatic rings. The van der Waals surface area contributed by atoms with E-state index >= 15 is 0 Å². The fraction of sp³-hybridized carbons (Fsp3) is 0.692. The van der Waals surface area contributed by atoms with E-state index in [-0.39, 0.29) is 9.89 Å². The smallest absolute Gasteiger partial charge is 0.319 e. The van der Waals surface area contributed by atoms with E-state index in [1.807, 2.05) is 6.07 Å². The van der Waals surface area contributed by atoms with Gasteiger partial charge in [0, 0.05) is 19.3 Å². The molecule has 0 radical (unpaired) electrons. The Morgan fingerprint density at radius 1 is 1.63 bits per heavy atom. The van der Waals surface area contributed by atoms with Crippen LogP contribution in [0.4, 0.5) is 0 Å². The molecule has 6 heteroatoms. The van der Waals surface area contributed by atoms with E-state index in [4.69, 9.17) is 0 Å². The van der Waals surface area contributed by atoms with Gasteiger partial charge in [-0.15, -0.1) is 0 Å². The van der Waals surface area contributed by atoms with Gasteiger partial charge in [-0.1, -0.05) is 35.4 Å². The lowest BCUT2D eigenvalue weighted by Gasteiger charge is -2.09. The molecule has 0 aromatic carbocycles. The number of hydrogen-bond acceptors (Lipinski definition) is 4. The standard InChI is InChI=1S/C13H20IN3O2/c1-19-13(18)12(14)9-15-8-10-6-7-17(16-10)11-4-2-3-5-11/h6-7,11-12,15H,2-5,8-9H2,1H3. The Bertz CT molecular complexity index is 416. The number of halogens is 1. The molecule has 19 heavy (non-hydrogen) atoms. The predicted octanol–water partition coefficient (Wildman–Crippen LogP) is 2.06. The summed E-state index contributed by atoms with van der Waals surface area (Å²) in [6, 6.07) is 2.63. The molecule has 1 saturated carbocycles. The number of esters is 1. The molecule has 1 atom stereocenters. The van der Waals surface area contributed by atoms with Crippen LogP contribution in [0.15, 0.2) is 12.3 Å². The highest BCUT2D eigenvalue weighted by Crippen LogP contribution is 2.28. The van der Waals surface area contributed by atoms with Crippen LogP contribution < -0.4 is 5.32 Å². The molecular formula is C13H20IN3O2. The van der Waals surface area contributed by atoms with Crippen molar-refractivity contribution < 1.29 is 9.53 Å². The summed E-state index contributed by atoms with van der Waals surface area (Å²) >= 11 is 2.08. The molecule has 0 bridgehead atoms.